The zero-order valence-electron chi connectivity index (χ0n) is 46.5. The number of unbranched alkanes of at least 4 members (excludes halogenated alkanes) is 34. The van der Waals surface area contributed by atoms with Gasteiger partial charge in [-0.25, -0.2) is 0 Å². The summed E-state index contributed by atoms with van der Waals surface area (Å²) in [5.74, 6) is -0.139. The van der Waals surface area contributed by atoms with Gasteiger partial charge in [0.25, 0.3) is 0 Å². The van der Waals surface area contributed by atoms with Crippen LogP contribution in [0.15, 0.2) is 0 Å². The van der Waals surface area contributed by atoms with Crippen LogP contribution in [0.5, 0.6) is 0 Å². The monoisotopic (exact) mass is 977 g/mol. The van der Waals surface area contributed by atoms with Gasteiger partial charge in [0.15, 0.2) is 0 Å². The highest BCUT2D eigenvalue weighted by atomic mass is 16.6. The summed E-state index contributed by atoms with van der Waals surface area (Å²) in [6.07, 6.45) is 53.4. The Morgan fingerprint density at radius 2 is 0.449 bits per heavy atom. The van der Waals surface area contributed by atoms with Crippen molar-refractivity contribution in [3.63, 3.8) is 0 Å². The molecule has 2 atom stereocenters. The molecule has 0 aromatic rings. The molecule has 0 radical (unpaired) electrons. The average molecular weight is 978 g/mol. The first kappa shape index (κ1) is 66.9. The van der Waals surface area contributed by atoms with Crippen LogP contribution in [0, 0.1) is 0 Å². The van der Waals surface area contributed by atoms with E-state index in [0.29, 0.717) is 38.9 Å². The van der Waals surface area contributed by atoms with E-state index in [1.807, 2.05) is 0 Å². The summed E-state index contributed by atoms with van der Waals surface area (Å²) in [5, 5.41) is 0. The minimum atomic E-state index is -0.0704. The second-order valence-electron chi connectivity index (χ2n) is 20.9. The molecular formula is C61H116O8. The Labute approximate surface area is 428 Å². The van der Waals surface area contributed by atoms with Crippen LogP contribution < -0.4 is 0 Å². The fourth-order valence-corrected chi connectivity index (χ4v) is 9.37. The maximum absolute atomic E-state index is 12.6. The smallest absolute Gasteiger partial charge is 0.306 e. The fourth-order valence-electron chi connectivity index (χ4n) is 9.37. The largest absolute Gasteiger partial charge is 0.466 e. The Bertz CT molecular complexity index is 1110. The summed E-state index contributed by atoms with van der Waals surface area (Å²) < 4.78 is 23.0. The first-order valence-corrected chi connectivity index (χ1v) is 30.6. The zero-order valence-corrected chi connectivity index (χ0v) is 46.5. The van der Waals surface area contributed by atoms with E-state index in [2.05, 4.69) is 27.7 Å². The Balaban J connectivity index is 3.86. The van der Waals surface area contributed by atoms with Crippen molar-refractivity contribution in [3.8, 4) is 0 Å². The Hall–Kier alpha value is -2.12. The topological polar surface area (TPSA) is 105 Å². The minimum Gasteiger partial charge on any atom is -0.466 e. The minimum absolute atomic E-state index is 0.00130. The van der Waals surface area contributed by atoms with Gasteiger partial charge in [-0.15, -0.1) is 0 Å². The molecule has 0 N–H and O–H groups in total. The van der Waals surface area contributed by atoms with Gasteiger partial charge >= 0.3 is 23.9 Å². The lowest BCUT2D eigenvalue weighted by atomic mass is 10.0. The molecule has 0 heterocycles. The van der Waals surface area contributed by atoms with Crippen molar-refractivity contribution in [1.29, 1.82) is 0 Å². The van der Waals surface area contributed by atoms with Gasteiger partial charge in [0, 0.05) is 25.7 Å². The number of hydrogen-bond acceptors (Lipinski definition) is 8. The highest BCUT2D eigenvalue weighted by molar-refractivity contribution is 5.70. The van der Waals surface area contributed by atoms with Crippen molar-refractivity contribution in [2.45, 2.75) is 355 Å². The number of ether oxygens (including phenoxy) is 4. The van der Waals surface area contributed by atoms with Crippen LogP contribution in [-0.2, 0) is 38.1 Å². The third kappa shape index (κ3) is 52.0. The molecule has 0 aromatic carbocycles. The molecule has 0 fully saturated rings. The van der Waals surface area contributed by atoms with Gasteiger partial charge < -0.3 is 18.9 Å². The molecule has 0 saturated carbocycles. The highest BCUT2D eigenvalue weighted by Gasteiger charge is 2.16. The van der Waals surface area contributed by atoms with E-state index in [9.17, 15) is 19.2 Å². The quantitative estimate of drug-likeness (QED) is 0.0337. The first-order valence-electron chi connectivity index (χ1n) is 30.6. The van der Waals surface area contributed by atoms with Gasteiger partial charge in [0.1, 0.15) is 12.2 Å². The number of carbonyl (C=O) groups excluding carboxylic acids is 4. The highest BCUT2D eigenvalue weighted by Crippen LogP contribution is 2.21. The second kappa shape index (κ2) is 55.2. The fraction of sp³-hybridized carbons (Fsp3) is 0.934. The summed E-state index contributed by atoms with van der Waals surface area (Å²) in [6, 6.07) is 0. The van der Waals surface area contributed by atoms with Crippen molar-refractivity contribution < 1.29 is 38.1 Å². The van der Waals surface area contributed by atoms with Gasteiger partial charge in [-0.1, -0.05) is 227 Å². The third-order valence-electron chi connectivity index (χ3n) is 14.0. The summed E-state index contributed by atoms with van der Waals surface area (Å²) in [5.41, 5.74) is 0. The SMILES string of the molecule is CCCCCCCCCC(CCCCCCCC(=O)OCCCCCCCCCOC(=O)CCCCCCCCC(CCCCCCCC)OC(=O)CCCCCCC)OC(=O)CCCCCCC. The molecule has 8 heteroatoms. The second-order valence-corrected chi connectivity index (χ2v) is 20.9. The van der Waals surface area contributed by atoms with Crippen LogP contribution in [-0.4, -0.2) is 49.3 Å². The van der Waals surface area contributed by atoms with E-state index < -0.39 is 0 Å². The number of carbonyl (C=O) groups is 4. The van der Waals surface area contributed by atoms with Crippen molar-refractivity contribution in [2.75, 3.05) is 13.2 Å². The lowest BCUT2D eigenvalue weighted by Gasteiger charge is -2.18. The van der Waals surface area contributed by atoms with Gasteiger partial charge in [-0.05, 0) is 89.9 Å². The molecule has 0 bridgehead atoms. The van der Waals surface area contributed by atoms with Crippen molar-refractivity contribution in [1.82, 2.24) is 0 Å². The molecular weight excluding hydrogens is 861 g/mol. The van der Waals surface area contributed by atoms with E-state index in [1.165, 1.54) is 116 Å². The maximum atomic E-state index is 12.6. The molecule has 2 unspecified atom stereocenters. The summed E-state index contributed by atoms with van der Waals surface area (Å²) in [7, 11) is 0. The molecule has 0 rings (SSSR count). The average Bonchev–Trinajstić information content (AvgIpc) is 3.34. The number of esters is 4. The molecule has 0 aromatic heterocycles. The predicted molar refractivity (Wildman–Crippen MR) is 291 cm³/mol. The van der Waals surface area contributed by atoms with Crippen LogP contribution in [0.1, 0.15) is 342 Å². The summed E-state index contributed by atoms with van der Waals surface area (Å²) >= 11 is 0. The number of rotatable bonds is 56. The number of hydrogen-bond donors (Lipinski definition) is 0. The first-order chi connectivity index (χ1) is 33.9. The van der Waals surface area contributed by atoms with Crippen LogP contribution in [0.25, 0.3) is 0 Å². The molecule has 0 amide bonds. The van der Waals surface area contributed by atoms with E-state index >= 15 is 0 Å². The van der Waals surface area contributed by atoms with Crippen LogP contribution >= 0.6 is 0 Å². The van der Waals surface area contributed by atoms with Gasteiger partial charge in [0.05, 0.1) is 13.2 Å². The Morgan fingerprint density at radius 3 is 0.710 bits per heavy atom. The molecule has 0 saturated heterocycles. The summed E-state index contributed by atoms with van der Waals surface area (Å²) in [6.45, 7) is 9.98. The van der Waals surface area contributed by atoms with Gasteiger partial charge in [0.2, 0.25) is 0 Å². The zero-order chi connectivity index (χ0) is 50.4. The van der Waals surface area contributed by atoms with Crippen LogP contribution in [0.3, 0.4) is 0 Å². The molecule has 69 heavy (non-hydrogen) atoms. The van der Waals surface area contributed by atoms with Crippen molar-refractivity contribution in [2.24, 2.45) is 0 Å². The molecule has 8 nitrogen and oxygen atoms in total. The van der Waals surface area contributed by atoms with Gasteiger partial charge in [-0.2, -0.15) is 0 Å². The predicted octanol–water partition coefficient (Wildman–Crippen LogP) is 19.1. The maximum Gasteiger partial charge on any atom is 0.306 e. The molecule has 0 spiro atoms. The standard InChI is InChI=1S/C61H116O8/c1-5-9-13-17-20-29-37-47-57(69-61(65)53-43-27-16-12-8-4)49-39-31-25-33-41-51-59(63)67-55-45-35-24-19-23-34-44-54-66-58(62)50-40-32-22-21-30-38-48-56(46-36-28-18-14-10-6-2)68-60(64)52-42-26-15-11-7-3/h56-57H,5-55H2,1-4H3. The Kier molecular flexibility index (Phi) is 53.5. The lowest BCUT2D eigenvalue weighted by molar-refractivity contribution is -0.151. The molecule has 0 aliphatic carbocycles. The third-order valence-corrected chi connectivity index (χ3v) is 14.0. The van der Waals surface area contributed by atoms with Gasteiger partial charge in [-0.3, -0.25) is 19.2 Å². The molecule has 408 valence electrons. The van der Waals surface area contributed by atoms with Crippen molar-refractivity contribution in [3.05, 3.63) is 0 Å². The molecule has 0 aliphatic rings. The van der Waals surface area contributed by atoms with Crippen LogP contribution in [0.4, 0.5) is 0 Å². The summed E-state index contributed by atoms with van der Waals surface area (Å²) in [4.78, 5) is 49.6. The van der Waals surface area contributed by atoms with E-state index in [4.69, 9.17) is 18.9 Å². The van der Waals surface area contributed by atoms with E-state index in [-0.39, 0.29) is 36.1 Å². The molecule has 0 aliphatic heterocycles. The van der Waals surface area contributed by atoms with Crippen LogP contribution in [0.2, 0.25) is 0 Å². The van der Waals surface area contributed by atoms with E-state index in [0.717, 1.165) is 173 Å². The Morgan fingerprint density at radius 1 is 0.246 bits per heavy atom. The normalized spacial score (nSPS) is 12.2. The lowest BCUT2D eigenvalue weighted by Crippen LogP contribution is -2.18. The van der Waals surface area contributed by atoms with Crippen molar-refractivity contribution >= 4 is 23.9 Å². The van der Waals surface area contributed by atoms with E-state index in [1.54, 1.807) is 0 Å².